The molecule has 0 aromatic carbocycles. The van der Waals surface area contributed by atoms with Crippen LogP contribution in [0.5, 0.6) is 0 Å². The molecule has 1 heterocycles. The van der Waals surface area contributed by atoms with Gasteiger partial charge in [0.25, 0.3) is 0 Å². The van der Waals surface area contributed by atoms with E-state index in [1.54, 1.807) is 4.90 Å². The lowest BCUT2D eigenvalue weighted by Crippen LogP contribution is -2.54. The van der Waals surface area contributed by atoms with Crippen molar-refractivity contribution in [1.29, 1.82) is 0 Å². The Kier molecular flexibility index (Phi) is 4.80. The number of halogens is 1. The highest BCUT2D eigenvalue weighted by Crippen LogP contribution is 2.08. The quantitative estimate of drug-likeness (QED) is 0.409. The Morgan fingerprint density at radius 2 is 1.88 bits per heavy atom. The summed E-state index contributed by atoms with van der Waals surface area (Å²) in [6.45, 7) is 7.92. The van der Waals surface area contributed by atoms with Gasteiger partial charge in [0.05, 0.1) is 0 Å². The summed E-state index contributed by atoms with van der Waals surface area (Å²) in [4.78, 5) is 26.5. The Hall–Kier alpha value is -1.03. The second kappa shape index (κ2) is 5.89. The zero-order valence-electron chi connectivity index (χ0n) is 9.54. The summed E-state index contributed by atoms with van der Waals surface area (Å²) in [5, 5.41) is 0. The van der Waals surface area contributed by atoms with E-state index in [0.717, 1.165) is 12.0 Å². The molecule has 0 aromatic heterocycles. The highest BCUT2D eigenvalue weighted by Gasteiger charge is 2.31. The van der Waals surface area contributed by atoms with Gasteiger partial charge in [-0.1, -0.05) is 13.5 Å². The predicted octanol–water partition coefficient (Wildman–Crippen LogP) is 0.862. The second-order valence-corrected chi connectivity index (χ2v) is 4.17. The Morgan fingerprint density at radius 3 is 2.44 bits per heavy atom. The van der Waals surface area contributed by atoms with E-state index < -0.39 is 11.8 Å². The topological polar surface area (TPSA) is 40.6 Å². The number of piperazine rings is 1. The average molecular weight is 245 g/mol. The molecular weight excluding hydrogens is 228 g/mol. The van der Waals surface area contributed by atoms with Crippen molar-refractivity contribution in [2.24, 2.45) is 0 Å². The summed E-state index contributed by atoms with van der Waals surface area (Å²) in [6.07, 6.45) is 0.868. The summed E-state index contributed by atoms with van der Waals surface area (Å²) in [7, 11) is 0. The van der Waals surface area contributed by atoms with Gasteiger partial charge < -0.3 is 9.80 Å². The minimum atomic E-state index is -0.439. The molecule has 1 rings (SSSR count). The fraction of sp³-hybridized carbons (Fsp3) is 0.636. The van der Waals surface area contributed by atoms with Crippen molar-refractivity contribution < 1.29 is 9.59 Å². The van der Waals surface area contributed by atoms with Crippen LogP contribution < -0.4 is 0 Å². The van der Waals surface area contributed by atoms with Gasteiger partial charge in [-0.25, -0.2) is 0 Å². The zero-order chi connectivity index (χ0) is 12.1. The maximum Gasteiger partial charge on any atom is 0.312 e. The van der Waals surface area contributed by atoms with Crippen molar-refractivity contribution >= 4 is 23.4 Å². The molecule has 0 N–H and O–H groups in total. The molecule has 90 valence electrons. The molecule has 4 nitrogen and oxygen atoms in total. The van der Waals surface area contributed by atoms with Crippen molar-refractivity contribution in [1.82, 2.24) is 9.80 Å². The van der Waals surface area contributed by atoms with Crippen molar-refractivity contribution in [2.75, 3.05) is 32.1 Å². The molecule has 0 spiro atoms. The zero-order valence-corrected chi connectivity index (χ0v) is 10.3. The third-order valence-electron chi connectivity index (χ3n) is 2.49. The molecule has 16 heavy (non-hydrogen) atoms. The minimum Gasteiger partial charge on any atom is -0.333 e. The minimum absolute atomic E-state index is 0.316. The molecule has 2 amide bonds. The fourth-order valence-electron chi connectivity index (χ4n) is 1.66. The molecule has 5 heteroatoms. The van der Waals surface area contributed by atoms with E-state index in [1.165, 1.54) is 4.90 Å². The lowest BCUT2D eigenvalue weighted by atomic mass is 10.2. The van der Waals surface area contributed by atoms with Crippen LogP contribution in [0.3, 0.4) is 0 Å². The lowest BCUT2D eigenvalue weighted by Gasteiger charge is -2.33. The van der Waals surface area contributed by atoms with Crippen LogP contribution in [-0.2, 0) is 9.59 Å². The van der Waals surface area contributed by atoms with Crippen LogP contribution in [0.25, 0.3) is 0 Å². The lowest BCUT2D eigenvalue weighted by molar-refractivity contribution is -0.155. The van der Waals surface area contributed by atoms with Crippen molar-refractivity contribution in [2.45, 2.75) is 13.3 Å². The molecule has 1 saturated heterocycles. The van der Waals surface area contributed by atoms with Crippen LogP contribution in [0.4, 0.5) is 0 Å². The summed E-state index contributed by atoms with van der Waals surface area (Å²) in [5.41, 5.74) is 0.756. The maximum atomic E-state index is 11.7. The van der Waals surface area contributed by atoms with Gasteiger partial charge in [-0.05, 0) is 12.0 Å². The van der Waals surface area contributed by atoms with E-state index in [0.29, 0.717) is 32.1 Å². The van der Waals surface area contributed by atoms with E-state index in [2.05, 4.69) is 6.58 Å². The van der Waals surface area contributed by atoms with E-state index in [4.69, 9.17) is 11.6 Å². The number of carbonyl (C=O) groups excluding carboxylic acids is 2. The standard InChI is InChI=1S/C11H17ClN2O2/c1-3-4-13-5-6-14(8-9(2)7-12)11(16)10(13)15/h2-8H2,1H3. The highest BCUT2D eigenvalue weighted by atomic mass is 35.5. The number of amides is 2. The molecule has 1 aliphatic heterocycles. The number of rotatable bonds is 5. The molecule has 1 aliphatic rings. The van der Waals surface area contributed by atoms with Crippen LogP contribution in [-0.4, -0.2) is 53.7 Å². The predicted molar refractivity (Wildman–Crippen MR) is 63.3 cm³/mol. The summed E-state index contributed by atoms with van der Waals surface area (Å²) in [5.74, 6) is -0.530. The Bertz CT molecular complexity index is 304. The SMILES string of the molecule is C=C(CCl)CN1CCN(CCC)C(=O)C1=O. The first-order valence-electron chi connectivity index (χ1n) is 5.41. The maximum absolute atomic E-state index is 11.7. The van der Waals surface area contributed by atoms with Gasteiger partial charge in [0.15, 0.2) is 0 Å². The molecule has 0 saturated carbocycles. The Labute approximate surface area is 101 Å². The van der Waals surface area contributed by atoms with E-state index >= 15 is 0 Å². The molecule has 0 aliphatic carbocycles. The van der Waals surface area contributed by atoms with Crippen molar-refractivity contribution in [3.63, 3.8) is 0 Å². The molecule has 0 aromatic rings. The first-order chi connectivity index (χ1) is 7.60. The molecule has 1 fully saturated rings. The molecule has 0 bridgehead atoms. The largest absolute Gasteiger partial charge is 0.333 e. The molecule has 0 unspecified atom stereocenters. The monoisotopic (exact) mass is 244 g/mol. The smallest absolute Gasteiger partial charge is 0.312 e. The Balaban J connectivity index is 2.58. The molecule has 0 atom stereocenters. The van der Waals surface area contributed by atoms with Gasteiger partial charge in [0.1, 0.15) is 0 Å². The third kappa shape index (κ3) is 2.98. The van der Waals surface area contributed by atoms with Crippen LogP contribution in [0.15, 0.2) is 12.2 Å². The number of carbonyl (C=O) groups is 2. The van der Waals surface area contributed by atoms with E-state index in [-0.39, 0.29) is 0 Å². The number of hydrogen-bond acceptors (Lipinski definition) is 2. The first-order valence-corrected chi connectivity index (χ1v) is 5.94. The van der Waals surface area contributed by atoms with Crippen molar-refractivity contribution in [3.05, 3.63) is 12.2 Å². The van der Waals surface area contributed by atoms with E-state index in [9.17, 15) is 9.59 Å². The average Bonchev–Trinajstić information content (AvgIpc) is 2.28. The van der Waals surface area contributed by atoms with Crippen LogP contribution >= 0.6 is 11.6 Å². The second-order valence-electron chi connectivity index (χ2n) is 3.90. The van der Waals surface area contributed by atoms with Gasteiger partial charge in [0.2, 0.25) is 0 Å². The van der Waals surface area contributed by atoms with Gasteiger partial charge in [-0.15, -0.1) is 11.6 Å². The summed E-state index contributed by atoms with van der Waals surface area (Å²) in [6, 6.07) is 0. The molecular formula is C11H17ClN2O2. The number of alkyl halides is 1. The van der Waals surface area contributed by atoms with Crippen LogP contribution in [0.2, 0.25) is 0 Å². The Morgan fingerprint density at radius 1 is 1.31 bits per heavy atom. The van der Waals surface area contributed by atoms with Gasteiger partial charge >= 0.3 is 11.8 Å². The van der Waals surface area contributed by atoms with Crippen LogP contribution in [0, 0.1) is 0 Å². The van der Waals surface area contributed by atoms with Crippen LogP contribution in [0.1, 0.15) is 13.3 Å². The fourth-order valence-corrected chi connectivity index (χ4v) is 1.75. The highest BCUT2D eigenvalue weighted by molar-refractivity contribution is 6.35. The summed E-state index contributed by atoms with van der Waals surface area (Å²) < 4.78 is 0. The van der Waals surface area contributed by atoms with Gasteiger partial charge in [-0.2, -0.15) is 0 Å². The third-order valence-corrected chi connectivity index (χ3v) is 2.87. The van der Waals surface area contributed by atoms with Crippen molar-refractivity contribution in [3.8, 4) is 0 Å². The molecule has 0 radical (unpaired) electrons. The first kappa shape index (κ1) is 13.0. The van der Waals surface area contributed by atoms with Gasteiger partial charge in [0, 0.05) is 32.1 Å². The normalized spacial score (nSPS) is 16.9. The van der Waals surface area contributed by atoms with Gasteiger partial charge in [-0.3, -0.25) is 9.59 Å². The van der Waals surface area contributed by atoms with E-state index in [1.807, 2.05) is 6.92 Å². The summed E-state index contributed by atoms with van der Waals surface area (Å²) >= 11 is 5.60. The number of nitrogens with zero attached hydrogens (tertiary/aromatic N) is 2. The number of hydrogen-bond donors (Lipinski definition) is 0.